The molecule has 1 saturated carbocycles. The van der Waals surface area contributed by atoms with Crippen molar-refractivity contribution in [2.45, 2.75) is 25.4 Å². The Morgan fingerprint density at radius 1 is 1.00 bits per heavy atom. The second-order valence-electron chi connectivity index (χ2n) is 6.68. The van der Waals surface area contributed by atoms with Crippen LogP contribution >= 0.6 is 0 Å². The Hall–Kier alpha value is -3.22. The zero-order valence-electron chi connectivity index (χ0n) is 14.4. The first-order valence-corrected chi connectivity index (χ1v) is 8.79. The second-order valence-corrected chi connectivity index (χ2v) is 6.68. The van der Waals surface area contributed by atoms with Crippen LogP contribution in [-0.2, 0) is 14.4 Å². The fraction of sp³-hybridized carbons (Fsp3) is 0.250. The van der Waals surface area contributed by atoms with Crippen LogP contribution in [0, 0.1) is 11.7 Å². The minimum atomic E-state index is -0.766. The molecule has 2 aromatic rings. The van der Waals surface area contributed by atoms with Crippen LogP contribution in [0.15, 0.2) is 53.7 Å². The van der Waals surface area contributed by atoms with E-state index in [1.165, 1.54) is 12.1 Å². The minimum Gasteiger partial charge on any atom is -0.382 e. The standard InChI is InChI=1S/C20H18FN3O3/c21-14-3-1-2-13(10-14)17-11-18(27-24-17)20(26)23-16-8-6-15(7-9-16)22-19(25)12-4-5-12/h1-3,6-10,12,18H,4-5,11H2,(H,22,25)(H,23,26). The number of rotatable bonds is 5. The summed E-state index contributed by atoms with van der Waals surface area (Å²) < 4.78 is 13.3. The lowest BCUT2D eigenvalue weighted by molar-refractivity contribution is -0.125. The van der Waals surface area contributed by atoms with Crippen LogP contribution in [0.2, 0.25) is 0 Å². The number of hydrogen-bond donors (Lipinski definition) is 2. The molecular weight excluding hydrogens is 349 g/mol. The van der Waals surface area contributed by atoms with Gasteiger partial charge >= 0.3 is 0 Å². The molecule has 2 N–H and O–H groups in total. The number of nitrogens with zero attached hydrogens (tertiary/aromatic N) is 1. The third kappa shape index (κ3) is 4.13. The molecular formula is C20H18FN3O3. The van der Waals surface area contributed by atoms with Crippen LogP contribution in [0.25, 0.3) is 0 Å². The van der Waals surface area contributed by atoms with Crippen LogP contribution in [0.4, 0.5) is 15.8 Å². The Kier molecular flexibility index (Phi) is 4.58. The lowest BCUT2D eigenvalue weighted by atomic mass is 10.0. The molecule has 0 aromatic heterocycles. The molecule has 1 heterocycles. The fourth-order valence-corrected chi connectivity index (χ4v) is 2.81. The lowest BCUT2D eigenvalue weighted by Gasteiger charge is -2.10. The Bertz CT molecular complexity index is 907. The van der Waals surface area contributed by atoms with E-state index in [4.69, 9.17) is 4.84 Å². The summed E-state index contributed by atoms with van der Waals surface area (Å²) in [5.74, 6) is -0.527. The summed E-state index contributed by atoms with van der Waals surface area (Å²) in [6.07, 6.45) is 1.39. The van der Waals surface area contributed by atoms with E-state index in [0.717, 1.165) is 12.8 Å². The molecule has 4 rings (SSSR count). The summed E-state index contributed by atoms with van der Waals surface area (Å²) in [6.45, 7) is 0. The van der Waals surface area contributed by atoms with E-state index < -0.39 is 6.10 Å². The van der Waals surface area contributed by atoms with Crippen molar-refractivity contribution in [2.24, 2.45) is 11.1 Å². The number of nitrogens with one attached hydrogen (secondary N) is 2. The fourth-order valence-electron chi connectivity index (χ4n) is 2.81. The molecule has 0 bridgehead atoms. The van der Waals surface area contributed by atoms with Crippen molar-refractivity contribution in [1.29, 1.82) is 0 Å². The maximum absolute atomic E-state index is 13.3. The number of anilines is 2. The third-order valence-corrected chi connectivity index (χ3v) is 4.49. The van der Waals surface area contributed by atoms with E-state index in [1.54, 1.807) is 36.4 Å². The maximum atomic E-state index is 13.3. The number of benzene rings is 2. The number of hydrogen-bond acceptors (Lipinski definition) is 4. The smallest absolute Gasteiger partial charge is 0.268 e. The van der Waals surface area contributed by atoms with E-state index in [9.17, 15) is 14.0 Å². The first kappa shape index (κ1) is 17.2. The molecule has 1 aliphatic carbocycles. The molecule has 6 nitrogen and oxygen atoms in total. The molecule has 0 radical (unpaired) electrons. The van der Waals surface area contributed by atoms with Crippen molar-refractivity contribution < 1.29 is 18.8 Å². The number of halogens is 1. The zero-order valence-corrected chi connectivity index (χ0v) is 14.4. The van der Waals surface area contributed by atoms with Gasteiger partial charge in [0.25, 0.3) is 5.91 Å². The van der Waals surface area contributed by atoms with Gasteiger partial charge in [-0.3, -0.25) is 9.59 Å². The summed E-state index contributed by atoms with van der Waals surface area (Å²) in [7, 11) is 0. The Labute approximate surface area is 155 Å². The first-order chi connectivity index (χ1) is 13.1. The van der Waals surface area contributed by atoms with Gasteiger partial charge in [0.15, 0.2) is 0 Å². The molecule has 1 fully saturated rings. The Morgan fingerprint density at radius 2 is 1.67 bits per heavy atom. The van der Waals surface area contributed by atoms with Gasteiger partial charge in [-0.25, -0.2) is 4.39 Å². The summed E-state index contributed by atoms with van der Waals surface area (Å²) in [5, 5.41) is 9.50. The van der Waals surface area contributed by atoms with Crippen LogP contribution in [0.1, 0.15) is 24.8 Å². The van der Waals surface area contributed by atoms with Crippen molar-refractivity contribution in [3.05, 3.63) is 59.9 Å². The van der Waals surface area contributed by atoms with E-state index in [-0.39, 0.29) is 30.0 Å². The van der Waals surface area contributed by atoms with Gasteiger partial charge in [0, 0.05) is 29.3 Å². The number of oxime groups is 1. The van der Waals surface area contributed by atoms with E-state index in [0.29, 0.717) is 22.6 Å². The number of amides is 2. The molecule has 1 unspecified atom stereocenters. The molecule has 2 aromatic carbocycles. The lowest BCUT2D eigenvalue weighted by Crippen LogP contribution is -2.28. The summed E-state index contributed by atoms with van der Waals surface area (Å²) in [5.41, 5.74) is 2.42. The third-order valence-electron chi connectivity index (χ3n) is 4.49. The van der Waals surface area contributed by atoms with Crippen LogP contribution in [-0.4, -0.2) is 23.6 Å². The van der Waals surface area contributed by atoms with Crippen molar-refractivity contribution in [3.63, 3.8) is 0 Å². The minimum absolute atomic E-state index is 0.0353. The predicted molar refractivity (Wildman–Crippen MR) is 98.9 cm³/mol. The van der Waals surface area contributed by atoms with Gasteiger partial charge in [0.2, 0.25) is 12.0 Å². The molecule has 7 heteroatoms. The zero-order chi connectivity index (χ0) is 18.8. The number of carbonyl (C=O) groups is 2. The van der Waals surface area contributed by atoms with Crippen molar-refractivity contribution >= 4 is 28.9 Å². The average molecular weight is 367 g/mol. The van der Waals surface area contributed by atoms with Gasteiger partial charge in [0.1, 0.15) is 5.82 Å². The van der Waals surface area contributed by atoms with Gasteiger partial charge in [-0.05, 0) is 49.2 Å². The number of carbonyl (C=O) groups excluding carboxylic acids is 2. The largest absolute Gasteiger partial charge is 0.382 e. The maximum Gasteiger partial charge on any atom is 0.268 e. The normalized spacial score (nSPS) is 18.4. The monoisotopic (exact) mass is 367 g/mol. The van der Waals surface area contributed by atoms with Gasteiger partial charge in [-0.2, -0.15) is 0 Å². The Morgan fingerprint density at radius 3 is 2.30 bits per heavy atom. The summed E-state index contributed by atoms with van der Waals surface area (Å²) in [4.78, 5) is 29.3. The molecule has 1 atom stereocenters. The quantitative estimate of drug-likeness (QED) is 0.851. The molecule has 0 spiro atoms. The summed E-state index contributed by atoms with van der Waals surface area (Å²) >= 11 is 0. The molecule has 2 aliphatic rings. The highest BCUT2D eigenvalue weighted by Crippen LogP contribution is 2.30. The van der Waals surface area contributed by atoms with Crippen molar-refractivity contribution in [1.82, 2.24) is 0 Å². The van der Waals surface area contributed by atoms with Crippen LogP contribution < -0.4 is 10.6 Å². The van der Waals surface area contributed by atoms with Crippen molar-refractivity contribution in [2.75, 3.05) is 10.6 Å². The van der Waals surface area contributed by atoms with Crippen LogP contribution in [0.5, 0.6) is 0 Å². The van der Waals surface area contributed by atoms with Gasteiger partial charge in [-0.1, -0.05) is 17.3 Å². The van der Waals surface area contributed by atoms with Crippen molar-refractivity contribution in [3.8, 4) is 0 Å². The van der Waals surface area contributed by atoms with Gasteiger partial charge in [-0.15, -0.1) is 0 Å². The summed E-state index contributed by atoms with van der Waals surface area (Å²) in [6, 6.07) is 12.9. The van der Waals surface area contributed by atoms with Gasteiger partial charge in [0.05, 0.1) is 5.71 Å². The van der Waals surface area contributed by atoms with E-state index in [2.05, 4.69) is 15.8 Å². The molecule has 138 valence electrons. The SMILES string of the molecule is O=C(Nc1ccc(NC(=O)C2CC(c3cccc(F)c3)=NO2)cc1)C1CC1. The highest BCUT2D eigenvalue weighted by atomic mass is 19.1. The van der Waals surface area contributed by atoms with Crippen LogP contribution in [0.3, 0.4) is 0 Å². The topological polar surface area (TPSA) is 79.8 Å². The second kappa shape index (κ2) is 7.19. The Balaban J connectivity index is 1.32. The highest BCUT2D eigenvalue weighted by Gasteiger charge is 2.30. The highest BCUT2D eigenvalue weighted by molar-refractivity contribution is 6.06. The molecule has 2 amide bonds. The first-order valence-electron chi connectivity index (χ1n) is 8.79. The van der Waals surface area contributed by atoms with Gasteiger partial charge < -0.3 is 15.5 Å². The van der Waals surface area contributed by atoms with E-state index in [1.807, 2.05) is 0 Å². The molecule has 0 saturated heterocycles. The molecule has 1 aliphatic heterocycles. The predicted octanol–water partition coefficient (Wildman–Crippen LogP) is 3.31. The van der Waals surface area contributed by atoms with E-state index >= 15 is 0 Å². The molecule has 27 heavy (non-hydrogen) atoms. The average Bonchev–Trinajstić information content (AvgIpc) is 3.40.